The smallest absolute Gasteiger partial charge is 0.147 e. The van der Waals surface area contributed by atoms with E-state index in [1.807, 2.05) is 68.3 Å². The van der Waals surface area contributed by atoms with Crippen molar-refractivity contribution < 1.29 is 0 Å². The lowest BCUT2D eigenvalue weighted by Crippen LogP contribution is -2.27. The second-order valence-corrected chi connectivity index (χ2v) is 6.28. The van der Waals surface area contributed by atoms with Crippen LogP contribution in [0.3, 0.4) is 0 Å². The molecule has 0 amide bonds. The second kappa shape index (κ2) is 9.82. The maximum Gasteiger partial charge on any atom is 0.147 e. The number of thioether (sulfide) groups is 1. The van der Waals surface area contributed by atoms with E-state index in [-0.39, 0.29) is 5.57 Å². The van der Waals surface area contributed by atoms with E-state index in [9.17, 15) is 5.26 Å². The van der Waals surface area contributed by atoms with Gasteiger partial charge in [-0.2, -0.15) is 15.8 Å². The normalized spacial score (nSPS) is 9.88. The standard InChI is InChI=1S/C18H18N6S/c1-23(2)18(24(3)4)16(12-21)17(22-13-14(10-19)11-20)25-15-8-6-5-7-9-15/h5-9,13H,1-4H3. The molecule has 0 bridgehead atoms. The van der Waals surface area contributed by atoms with E-state index in [1.165, 1.54) is 18.0 Å². The lowest BCUT2D eigenvalue weighted by Gasteiger charge is -2.26. The van der Waals surface area contributed by atoms with Gasteiger partial charge in [-0.1, -0.05) is 30.0 Å². The van der Waals surface area contributed by atoms with Gasteiger partial charge >= 0.3 is 0 Å². The molecule has 126 valence electrons. The van der Waals surface area contributed by atoms with Crippen molar-refractivity contribution in [1.29, 1.82) is 15.8 Å². The Kier molecular flexibility index (Phi) is 7.79. The topological polar surface area (TPSA) is 90.2 Å². The van der Waals surface area contributed by atoms with Crippen molar-refractivity contribution in [2.75, 3.05) is 28.2 Å². The van der Waals surface area contributed by atoms with E-state index < -0.39 is 0 Å². The van der Waals surface area contributed by atoms with E-state index in [4.69, 9.17) is 10.5 Å². The maximum atomic E-state index is 9.72. The molecule has 25 heavy (non-hydrogen) atoms. The van der Waals surface area contributed by atoms with Crippen LogP contribution in [-0.2, 0) is 0 Å². The average Bonchev–Trinajstić information content (AvgIpc) is 2.59. The molecule has 0 unspecified atom stereocenters. The van der Waals surface area contributed by atoms with Crippen LogP contribution in [-0.4, -0.2) is 43.0 Å². The number of rotatable bonds is 5. The van der Waals surface area contributed by atoms with Gasteiger partial charge in [0.15, 0.2) is 0 Å². The summed E-state index contributed by atoms with van der Waals surface area (Å²) in [5, 5.41) is 27.9. The molecule has 0 aliphatic carbocycles. The first kappa shape index (κ1) is 19.8. The summed E-state index contributed by atoms with van der Waals surface area (Å²) < 4.78 is 0. The van der Waals surface area contributed by atoms with Gasteiger partial charge in [-0.25, -0.2) is 4.99 Å². The van der Waals surface area contributed by atoms with Gasteiger partial charge < -0.3 is 9.80 Å². The van der Waals surface area contributed by atoms with Crippen LogP contribution in [0.5, 0.6) is 0 Å². The quantitative estimate of drug-likeness (QED) is 0.351. The number of hydrogen-bond donors (Lipinski definition) is 0. The molecule has 0 saturated heterocycles. The largest absolute Gasteiger partial charge is 0.363 e. The molecule has 0 fully saturated rings. The predicted molar refractivity (Wildman–Crippen MR) is 99.1 cm³/mol. The number of nitriles is 3. The summed E-state index contributed by atoms with van der Waals surface area (Å²) in [5.41, 5.74) is 0.232. The van der Waals surface area contributed by atoms with Crippen LogP contribution in [0.25, 0.3) is 0 Å². The maximum absolute atomic E-state index is 9.72. The van der Waals surface area contributed by atoms with Gasteiger partial charge in [0.25, 0.3) is 0 Å². The summed E-state index contributed by atoms with van der Waals surface area (Å²) >= 11 is 1.30. The Balaban J connectivity index is 3.54. The van der Waals surface area contributed by atoms with Gasteiger partial charge in [0.2, 0.25) is 0 Å². The van der Waals surface area contributed by atoms with E-state index in [1.54, 1.807) is 12.1 Å². The van der Waals surface area contributed by atoms with Crippen LogP contribution in [0.15, 0.2) is 63.4 Å². The molecule has 1 rings (SSSR count). The molecule has 1 aromatic rings. The predicted octanol–water partition coefficient (Wildman–Crippen LogP) is 2.97. The highest BCUT2D eigenvalue weighted by Gasteiger charge is 2.18. The summed E-state index contributed by atoms with van der Waals surface area (Å²) in [5.74, 6) is 0.675. The molecular formula is C18H18N6S. The third kappa shape index (κ3) is 5.73. The van der Waals surface area contributed by atoms with Gasteiger partial charge in [-0.3, -0.25) is 0 Å². The molecule has 0 aliphatic heterocycles. The van der Waals surface area contributed by atoms with Crippen LogP contribution in [0.4, 0.5) is 0 Å². The van der Waals surface area contributed by atoms with Crippen LogP contribution in [0, 0.1) is 34.0 Å². The van der Waals surface area contributed by atoms with Crippen molar-refractivity contribution >= 4 is 16.8 Å². The first-order chi connectivity index (χ1) is 11.9. The minimum atomic E-state index is -0.125. The van der Waals surface area contributed by atoms with Crippen molar-refractivity contribution in [3.8, 4) is 18.2 Å². The Labute approximate surface area is 152 Å². The zero-order valence-electron chi connectivity index (χ0n) is 14.6. The summed E-state index contributed by atoms with van der Waals surface area (Å²) in [7, 11) is 7.35. The summed E-state index contributed by atoms with van der Waals surface area (Å²) in [6.07, 6.45) is 1.19. The minimum Gasteiger partial charge on any atom is -0.363 e. The number of allylic oxidation sites excluding steroid dienone is 1. The van der Waals surface area contributed by atoms with Gasteiger partial charge in [0.1, 0.15) is 40.2 Å². The number of nitrogens with zero attached hydrogens (tertiary/aromatic N) is 6. The van der Waals surface area contributed by atoms with E-state index in [2.05, 4.69) is 11.1 Å². The van der Waals surface area contributed by atoms with Crippen molar-refractivity contribution in [2.45, 2.75) is 4.90 Å². The molecule has 0 saturated carbocycles. The molecule has 0 atom stereocenters. The monoisotopic (exact) mass is 350 g/mol. The third-order valence-corrected chi connectivity index (χ3v) is 3.92. The third-order valence-electron chi connectivity index (χ3n) is 2.91. The lowest BCUT2D eigenvalue weighted by molar-refractivity contribution is 0.341. The Morgan fingerprint density at radius 3 is 1.96 bits per heavy atom. The van der Waals surface area contributed by atoms with Crippen LogP contribution >= 0.6 is 11.8 Å². The first-order valence-corrected chi connectivity index (χ1v) is 8.06. The van der Waals surface area contributed by atoms with Gasteiger partial charge in [0, 0.05) is 33.1 Å². The van der Waals surface area contributed by atoms with Crippen LogP contribution in [0.2, 0.25) is 0 Å². The zero-order valence-corrected chi connectivity index (χ0v) is 15.4. The van der Waals surface area contributed by atoms with Crippen LogP contribution in [0.1, 0.15) is 0 Å². The van der Waals surface area contributed by atoms with Gasteiger partial charge in [0.05, 0.1) is 6.20 Å². The molecule has 0 aliphatic rings. The Hall–Kier alpha value is -3.21. The van der Waals surface area contributed by atoms with Crippen molar-refractivity contribution in [1.82, 2.24) is 9.80 Å². The fraction of sp³-hybridized carbons (Fsp3) is 0.222. The van der Waals surface area contributed by atoms with Crippen molar-refractivity contribution in [3.05, 3.63) is 53.5 Å². The molecule has 0 heterocycles. The molecule has 0 spiro atoms. The van der Waals surface area contributed by atoms with Crippen LogP contribution < -0.4 is 0 Å². The molecule has 0 radical (unpaired) electrons. The average molecular weight is 350 g/mol. The SMILES string of the molecule is CN(C)C(=C(C#N)C(=NC=C(C#N)C#N)Sc1ccccc1)N(C)C. The Bertz CT molecular complexity index is 788. The van der Waals surface area contributed by atoms with Crippen molar-refractivity contribution in [3.63, 3.8) is 0 Å². The van der Waals surface area contributed by atoms with Crippen molar-refractivity contribution in [2.24, 2.45) is 4.99 Å². The zero-order chi connectivity index (χ0) is 18.8. The summed E-state index contributed by atoms with van der Waals surface area (Å²) in [6.45, 7) is 0. The highest BCUT2D eigenvalue weighted by molar-refractivity contribution is 8.14. The number of benzene rings is 1. The summed E-state index contributed by atoms with van der Waals surface area (Å²) in [4.78, 5) is 8.79. The molecule has 0 aromatic heterocycles. The van der Waals surface area contributed by atoms with E-state index in [0.717, 1.165) is 4.90 Å². The Morgan fingerprint density at radius 1 is 0.960 bits per heavy atom. The summed E-state index contributed by atoms with van der Waals surface area (Å²) in [6, 6.07) is 15.2. The fourth-order valence-electron chi connectivity index (χ4n) is 1.99. The highest BCUT2D eigenvalue weighted by Crippen LogP contribution is 2.26. The lowest BCUT2D eigenvalue weighted by atomic mass is 10.3. The van der Waals surface area contributed by atoms with E-state index >= 15 is 0 Å². The molecular weight excluding hydrogens is 332 g/mol. The van der Waals surface area contributed by atoms with E-state index in [0.29, 0.717) is 16.4 Å². The molecule has 1 aromatic carbocycles. The first-order valence-electron chi connectivity index (χ1n) is 7.25. The second-order valence-electron chi connectivity index (χ2n) is 5.22. The Morgan fingerprint density at radius 2 is 1.52 bits per heavy atom. The minimum absolute atomic E-state index is 0.125. The molecule has 7 heteroatoms. The van der Waals surface area contributed by atoms with Gasteiger partial charge in [-0.15, -0.1) is 0 Å². The number of hydrogen-bond acceptors (Lipinski definition) is 7. The fourth-order valence-corrected chi connectivity index (χ4v) is 2.85. The van der Waals surface area contributed by atoms with Gasteiger partial charge in [-0.05, 0) is 12.1 Å². The number of aliphatic imine (C=N–C) groups is 1. The molecule has 0 N–H and O–H groups in total. The molecule has 6 nitrogen and oxygen atoms in total. The highest BCUT2D eigenvalue weighted by atomic mass is 32.2.